The first kappa shape index (κ1) is 16.6. The van der Waals surface area contributed by atoms with Crippen molar-refractivity contribution in [2.45, 2.75) is 19.6 Å². The molecule has 0 aliphatic rings. The molecular formula is C16H19N7O2. The molecule has 130 valence electrons. The van der Waals surface area contributed by atoms with E-state index in [0.717, 1.165) is 13.0 Å². The van der Waals surface area contributed by atoms with Crippen molar-refractivity contribution < 1.29 is 9.53 Å². The summed E-state index contributed by atoms with van der Waals surface area (Å²) in [4.78, 5) is 12.2. The SMILES string of the molecule is Cn1nnnc1COc1cccc(C(=O)NCCCn2cccn2)c1. The van der Waals surface area contributed by atoms with E-state index in [4.69, 9.17) is 4.74 Å². The molecule has 1 aromatic carbocycles. The second kappa shape index (κ2) is 8.04. The van der Waals surface area contributed by atoms with Gasteiger partial charge in [0.25, 0.3) is 5.91 Å². The van der Waals surface area contributed by atoms with Gasteiger partial charge < -0.3 is 10.1 Å². The second-order valence-corrected chi connectivity index (χ2v) is 5.41. The van der Waals surface area contributed by atoms with Crippen molar-refractivity contribution in [2.75, 3.05) is 6.54 Å². The number of carbonyl (C=O) groups is 1. The zero-order valence-corrected chi connectivity index (χ0v) is 13.9. The van der Waals surface area contributed by atoms with E-state index in [-0.39, 0.29) is 12.5 Å². The Morgan fingerprint density at radius 2 is 2.24 bits per heavy atom. The summed E-state index contributed by atoms with van der Waals surface area (Å²) in [5.74, 6) is 1.06. The minimum atomic E-state index is -0.133. The summed E-state index contributed by atoms with van der Waals surface area (Å²) in [6.07, 6.45) is 4.44. The molecule has 2 aromatic heterocycles. The third kappa shape index (κ3) is 4.63. The first-order valence-corrected chi connectivity index (χ1v) is 7.92. The Morgan fingerprint density at radius 1 is 1.32 bits per heavy atom. The molecule has 9 heteroatoms. The smallest absolute Gasteiger partial charge is 0.251 e. The Kier molecular flexibility index (Phi) is 5.35. The maximum absolute atomic E-state index is 12.2. The van der Waals surface area contributed by atoms with Gasteiger partial charge in [0.15, 0.2) is 5.82 Å². The number of nitrogens with zero attached hydrogens (tertiary/aromatic N) is 6. The van der Waals surface area contributed by atoms with Crippen LogP contribution in [0.1, 0.15) is 22.6 Å². The van der Waals surface area contributed by atoms with Crippen LogP contribution in [0, 0.1) is 0 Å². The maximum atomic E-state index is 12.2. The number of carbonyl (C=O) groups excluding carboxylic acids is 1. The number of aryl methyl sites for hydroxylation is 2. The molecule has 1 N–H and O–H groups in total. The highest BCUT2D eigenvalue weighted by atomic mass is 16.5. The van der Waals surface area contributed by atoms with Gasteiger partial charge in [-0.3, -0.25) is 9.48 Å². The van der Waals surface area contributed by atoms with Gasteiger partial charge in [-0.1, -0.05) is 6.07 Å². The third-order valence-electron chi connectivity index (χ3n) is 3.58. The Morgan fingerprint density at radius 3 is 3.00 bits per heavy atom. The Bertz CT molecular complexity index is 814. The summed E-state index contributed by atoms with van der Waals surface area (Å²) in [5, 5.41) is 18.2. The van der Waals surface area contributed by atoms with Crippen LogP contribution in [-0.2, 0) is 20.2 Å². The van der Waals surface area contributed by atoms with Gasteiger partial charge in [0.2, 0.25) is 0 Å². The van der Waals surface area contributed by atoms with Gasteiger partial charge in [-0.05, 0) is 41.1 Å². The van der Waals surface area contributed by atoms with Crippen LogP contribution in [0.25, 0.3) is 0 Å². The van der Waals surface area contributed by atoms with Gasteiger partial charge >= 0.3 is 0 Å². The van der Waals surface area contributed by atoms with E-state index in [1.807, 2.05) is 16.9 Å². The number of hydrogen-bond donors (Lipinski definition) is 1. The molecule has 0 unspecified atom stereocenters. The van der Waals surface area contributed by atoms with Gasteiger partial charge in [-0.2, -0.15) is 5.10 Å². The van der Waals surface area contributed by atoms with Crippen molar-refractivity contribution >= 4 is 5.91 Å². The number of amides is 1. The average Bonchev–Trinajstić information content (AvgIpc) is 3.28. The summed E-state index contributed by atoms with van der Waals surface area (Å²) in [7, 11) is 1.74. The predicted octanol–water partition coefficient (Wildman–Crippen LogP) is 0.806. The predicted molar refractivity (Wildman–Crippen MR) is 88.7 cm³/mol. The first-order valence-electron chi connectivity index (χ1n) is 7.92. The lowest BCUT2D eigenvalue weighted by atomic mass is 10.2. The van der Waals surface area contributed by atoms with E-state index in [2.05, 4.69) is 25.9 Å². The van der Waals surface area contributed by atoms with Gasteiger partial charge in [-0.25, -0.2) is 4.68 Å². The van der Waals surface area contributed by atoms with Crippen molar-refractivity contribution in [1.82, 2.24) is 35.3 Å². The zero-order valence-electron chi connectivity index (χ0n) is 13.9. The Labute approximate surface area is 144 Å². The lowest BCUT2D eigenvalue weighted by molar-refractivity contribution is 0.0952. The molecule has 0 fully saturated rings. The summed E-state index contributed by atoms with van der Waals surface area (Å²) in [5.41, 5.74) is 0.549. The topological polar surface area (TPSA) is 99.8 Å². The number of benzene rings is 1. The summed E-state index contributed by atoms with van der Waals surface area (Å²) in [6.45, 7) is 1.58. The van der Waals surface area contributed by atoms with Crippen molar-refractivity contribution in [3.8, 4) is 5.75 Å². The molecule has 25 heavy (non-hydrogen) atoms. The van der Waals surface area contributed by atoms with Crippen LogP contribution in [0.15, 0.2) is 42.7 Å². The van der Waals surface area contributed by atoms with E-state index in [1.54, 1.807) is 37.5 Å². The molecule has 0 saturated carbocycles. The molecule has 9 nitrogen and oxygen atoms in total. The van der Waals surface area contributed by atoms with Gasteiger partial charge in [-0.15, -0.1) is 5.10 Å². The van der Waals surface area contributed by atoms with Crippen molar-refractivity contribution in [1.29, 1.82) is 0 Å². The van der Waals surface area contributed by atoms with Crippen LogP contribution in [0.3, 0.4) is 0 Å². The van der Waals surface area contributed by atoms with Gasteiger partial charge in [0.1, 0.15) is 12.4 Å². The Hall–Kier alpha value is -3.23. The molecule has 0 bridgehead atoms. The lowest BCUT2D eigenvalue weighted by Crippen LogP contribution is -2.25. The number of hydrogen-bond acceptors (Lipinski definition) is 6. The van der Waals surface area contributed by atoms with Crippen LogP contribution >= 0.6 is 0 Å². The second-order valence-electron chi connectivity index (χ2n) is 5.41. The van der Waals surface area contributed by atoms with E-state index >= 15 is 0 Å². The highest BCUT2D eigenvalue weighted by Gasteiger charge is 2.08. The molecule has 0 radical (unpaired) electrons. The fourth-order valence-electron chi connectivity index (χ4n) is 2.22. The molecule has 0 spiro atoms. The number of aromatic nitrogens is 6. The summed E-state index contributed by atoms with van der Waals surface area (Å²) in [6, 6.07) is 8.90. The Balaban J connectivity index is 1.48. The molecule has 0 saturated heterocycles. The molecule has 0 aliphatic carbocycles. The molecule has 1 amide bonds. The number of ether oxygens (including phenoxy) is 1. The minimum Gasteiger partial charge on any atom is -0.486 e. The lowest BCUT2D eigenvalue weighted by Gasteiger charge is -2.08. The standard InChI is InChI=1S/C16H19N7O2/c1-22-15(19-20-21-22)12-25-14-6-2-5-13(11-14)16(24)17-7-3-9-23-10-4-8-18-23/h2,4-6,8,10-11H,3,7,9,12H2,1H3,(H,17,24). The van der Waals surface area contributed by atoms with E-state index in [9.17, 15) is 4.79 Å². The fraction of sp³-hybridized carbons (Fsp3) is 0.312. The number of tetrazole rings is 1. The van der Waals surface area contributed by atoms with Gasteiger partial charge in [0.05, 0.1) is 0 Å². The number of rotatable bonds is 8. The van der Waals surface area contributed by atoms with Crippen molar-refractivity contribution in [3.63, 3.8) is 0 Å². The molecule has 0 atom stereocenters. The summed E-state index contributed by atoms with van der Waals surface area (Å²) >= 11 is 0. The number of nitrogens with one attached hydrogen (secondary N) is 1. The highest BCUT2D eigenvalue weighted by molar-refractivity contribution is 5.94. The zero-order chi connectivity index (χ0) is 17.5. The molecule has 0 aliphatic heterocycles. The highest BCUT2D eigenvalue weighted by Crippen LogP contribution is 2.14. The van der Waals surface area contributed by atoms with Gasteiger partial charge in [0, 0.05) is 38.1 Å². The quantitative estimate of drug-likeness (QED) is 0.609. The van der Waals surface area contributed by atoms with Crippen LogP contribution in [0.4, 0.5) is 0 Å². The van der Waals surface area contributed by atoms with Crippen LogP contribution in [0.2, 0.25) is 0 Å². The average molecular weight is 341 g/mol. The van der Waals surface area contributed by atoms with Crippen LogP contribution < -0.4 is 10.1 Å². The monoisotopic (exact) mass is 341 g/mol. The molecule has 2 heterocycles. The van der Waals surface area contributed by atoms with E-state index < -0.39 is 0 Å². The maximum Gasteiger partial charge on any atom is 0.251 e. The van der Waals surface area contributed by atoms with Crippen molar-refractivity contribution in [2.24, 2.45) is 7.05 Å². The normalized spacial score (nSPS) is 10.6. The molecular weight excluding hydrogens is 322 g/mol. The van der Waals surface area contributed by atoms with Crippen LogP contribution in [0.5, 0.6) is 5.75 Å². The third-order valence-corrected chi connectivity index (χ3v) is 3.58. The first-order chi connectivity index (χ1) is 12.2. The van der Waals surface area contributed by atoms with Crippen LogP contribution in [-0.4, -0.2) is 42.4 Å². The van der Waals surface area contributed by atoms with E-state index in [0.29, 0.717) is 23.7 Å². The fourth-order valence-corrected chi connectivity index (χ4v) is 2.22. The minimum absolute atomic E-state index is 0.133. The van der Waals surface area contributed by atoms with Crippen molar-refractivity contribution in [3.05, 3.63) is 54.1 Å². The molecule has 3 rings (SSSR count). The molecule has 3 aromatic rings. The largest absolute Gasteiger partial charge is 0.486 e. The van der Waals surface area contributed by atoms with E-state index in [1.165, 1.54) is 4.68 Å². The summed E-state index contributed by atoms with van der Waals surface area (Å²) < 4.78 is 9.01.